The molecule has 1 saturated heterocycles. The summed E-state index contributed by atoms with van der Waals surface area (Å²) in [6.45, 7) is 3.20. The molecule has 7 nitrogen and oxygen atoms in total. The molecule has 0 spiro atoms. The second-order valence-corrected chi connectivity index (χ2v) is 4.84. The summed E-state index contributed by atoms with van der Waals surface area (Å²) < 4.78 is 4.91. The van der Waals surface area contributed by atoms with E-state index in [1.54, 1.807) is 11.0 Å². The summed E-state index contributed by atoms with van der Waals surface area (Å²) >= 11 is 0. The van der Waals surface area contributed by atoms with Crippen molar-refractivity contribution >= 4 is 11.8 Å². The van der Waals surface area contributed by atoms with Crippen molar-refractivity contribution in [3.05, 3.63) is 24.2 Å². The molecule has 112 valence electrons. The lowest BCUT2D eigenvalue weighted by Crippen LogP contribution is -2.51. The fourth-order valence-corrected chi connectivity index (χ4v) is 2.19. The third-order valence-corrected chi connectivity index (χ3v) is 3.35. The average Bonchev–Trinajstić information content (AvgIpc) is 3.02. The fraction of sp³-hybridized carbons (Fsp3) is 0.500. The van der Waals surface area contributed by atoms with E-state index in [-0.39, 0.29) is 11.8 Å². The smallest absolute Gasteiger partial charge is 0.257 e. The highest BCUT2D eigenvalue weighted by Crippen LogP contribution is 2.09. The molecule has 21 heavy (non-hydrogen) atoms. The third kappa shape index (κ3) is 4.33. The van der Waals surface area contributed by atoms with Crippen LogP contribution in [0.5, 0.6) is 0 Å². The van der Waals surface area contributed by atoms with Gasteiger partial charge in [-0.05, 0) is 6.07 Å². The van der Waals surface area contributed by atoms with E-state index in [2.05, 4.69) is 5.32 Å². The summed E-state index contributed by atoms with van der Waals surface area (Å²) in [5.74, 6) is -0.123. The first-order chi connectivity index (χ1) is 10.2. The predicted octanol–water partition coefficient (Wildman–Crippen LogP) is 0.0673. The second-order valence-electron chi connectivity index (χ2n) is 4.84. The van der Waals surface area contributed by atoms with Crippen molar-refractivity contribution in [1.82, 2.24) is 15.1 Å². The summed E-state index contributed by atoms with van der Waals surface area (Å²) in [7, 11) is 0. The Morgan fingerprint density at radius 3 is 2.71 bits per heavy atom. The Labute approximate surface area is 123 Å². The minimum absolute atomic E-state index is 0.0399. The van der Waals surface area contributed by atoms with E-state index >= 15 is 0 Å². The Kier molecular flexibility index (Phi) is 5.35. The molecule has 2 amide bonds. The molecule has 0 saturated carbocycles. The Morgan fingerprint density at radius 1 is 1.33 bits per heavy atom. The number of carbonyl (C=O) groups excluding carboxylic acids is 2. The van der Waals surface area contributed by atoms with Crippen molar-refractivity contribution in [3.63, 3.8) is 0 Å². The van der Waals surface area contributed by atoms with Crippen molar-refractivity contribution < 1.29 is 14.0 Å². The molecule has 1 aromatic rings. The molecule has 1 fully saturated rings. The zero-order valence-electron chi connectivity index (χ0n) is 11.7. The van der Waals surface area contributed by atoms with Gasteiger partial charge in [0.1, 0.15) is 6.26 Å². The fourth-order valence-electron chi connectivity index (χ4n) is 2.19. The molecule has 0 bridgehead atoms. The van der Waals surface area contributed by atoms with E-state index in [0.29, 0.717) is 51.3 Å². The Bertz CT molecular complexity index is 513. The van der Waals surface area contributed by atoms with Crippen LogP contribution < -0.4 is 5.32 Å². The van der Waals surface area contributed by atoms with Crippen LogP contribution in [0.3, 0.4) is 0 Å². The Morgan fingerprint density at radius 2 is 2.10 bits per heavy atom. The van der Waals surface area contributed by atoms with E-state index in [0.717, 1.165) is 0 Å². The maximum atomic E-state index is 12.1. The number of hydrogen-bond acceptors (Lipinski definition) is 5. The largest absolute Gasteiger partial charge is 0.472 e. The standard InChI is InChI=1S/C14H18N4O3/c15-3-1-4-16-13(19)10-17-5-7-18(8-6-17)14(20)12-2-9-21-11-12/h2,9,11H,1,4-8,10H2,(H,16,19). The lowest BCUT2D eigenvalue weighted by Gasteiger charge is -2.34. The highest BCUT2D eigenvalue weighted by atomic mass is 16.3. The van der Waals surface area contributed by atoms with Gasteiger partial charge < -0.3 is 14.6 Å². The summed E-state index contributed by atoms with van der Waals surface area (Å²) in [6.07, 6.45) is 3.24. The topological polar surface area (TPSA) is 89.6 Å². The molecule has 0 atom stereocenters. The maximum absolute atomic E-state index is 12.1. The number of rotatable bonds is 5. The molecule has 0 radical (unpaired) electrons. The highest BCUT2D eigenvalue weighted by molar-refractivity contribution is 5.93. The van der Waals surface area contributed by atoms with Gasteiger partial charge in [-0.1, -0.05) is 0 Å². The summed E-state index contributed by atoms with van der Waals surface area (Å²) in [5, 5.41) is 11.1. The molecule has 1 N–H and O–H groups in total. The second kappa shape index (κ2) is 7.45. The molecule has 1 aliphatic heterocycles. The molecule has 2 heterocycles. The van der Waals surface area contributed by atoms with Crippen molar-refractivity contribution in [1.29, 1.82) is 5.26 Å². The van der Waals surface area contributed by atoms with Gasteiger partial charge in [-0.3, -0.25) is 14.5 Å². The number of carbonyl (C=O) groups is 2. The molecule has 2 rings (SSSR count). The van der Waals surface area contributed by atoms with Gasteiger partial charge in [0.05, 0.1) is 30.9 Å². The molecule has 0 unspecified atom stereocenters. The highest BCUT2D eigenvalue weighted by Gasteiger charge is 2.23. The molecule has 0 aliphatic carbocycles. The minimum atomic E-state index is -0.0835. The van der Waals surface area contributed by atoms with Crippen LogP contribution in [0.2, 0.25) is 0 Å². The van der Waals surface area contributed by atoms with Gasteiger partial charge in [-0.2, -0.15) is 5.26 Å². The number of hydrogen-bond donors (Lipinski definition) is 1. The Balaban J connectivity index is 1.72. The van der Waals surface area contributed by atoms with Gasteiger partial charge in [-0.15, -0.1) is 0 Å². The molecule has 7 heteroatoms. The van der Waals surface area contributed by atoms with Crippen LogP contribution >= 0.6 is 0 Å². The minimum Gasteiger partial charge on any atom is -0.472 e. The van der Waals surface area contributed by atoms with Crippen LogP contribution in [0, 0.1) is 11.3 Å². The van der Waals surface area contributed by atoms with Gasteiger partial charge in [0, 0.05) is 32.7 Å². The summed E-state index contributed by atoms with van der Waals surface area (Å²) in [6, 6.07) is 3.63. The molecular weight excluding hydrogens is 272 g/mol. The first kappa shape index (κ1) is 15.1. The van der Waals surface area contributed by atoms with Crippen LogP contribution in [0.4, 0.5) is 0 Å². The first-order valence-electron chi connectivity index (χ1n) is 6.88. The number of amides is 2. The van der Waals surface area contributed by atoms with E-state index < -0.39 is 0 Å². The lowest BCUT2D eigenvalue weighted by atomic mass is 10.2. The van der Waals surface area contributed by atoms with Gasteiger partial charge in [0.25, 0.3) is 5.91 Å². The molecule has 1 aromatic heterocycles. The normalized spacial score (nSPS) is 15.5. The van der Waals surface area contributed by atoms with Gasteiger partial charge >= 0.3 is 0 Å². The number of nitrogens with zero attached hydrogens (tertiary/aromatic N) is 3. The van der Waals surface area contributed by atoms with Crippen LogP contribution in [-0.4, -0.2) is 60.9 Å². The van der Waals surface area contributed by atoms with E-state index in [9.17, 15) is 9.59 Å². The Hall–Kier alpha value is -2.33. The van der Waals surface area contributed by atoms with Crippen molar-refractivity contribution in [2.75, 3.05) is 39.3 Å². The van der Waals surface area contributed by atoms with Crippen molar-refractivity contribution in [3.8, 4) is 6.07 Å². The van der Waals surface area contributed by atoms with Crippen molar-refractivity contribution in [2.45, 2.75) is 6.42 Å². The first-order valence-corrected chi connectivity index (χ1v) is 6.88. The third-order valence-electron chi connectivity index (χ3n) is 3.35. The number of piperazine rings is 1. The van der Waals surface area contributed by atoms with Crippen LogP contribution in [-0.2, 0) is 4.79 Å². The van der Waals surface area contributed by atoms with Crippen LogP contribution in [0.25, 0.3) is 0 Å². The maximum Gasteiger partial charge on any atom is 0.257 e. The van der Waals surface area contributed by atoms with Gasteiger partial charge in [0.15, 0.2) is 0 Å². The number of nitriles is 1. The predicted molar refractivity (Wildman–Crippen MR) is 74.3 cm³/mol. The molecule has 0 aromatic carbocycles. The lowest BCUT2D eigenvalue weighted by molar-refractivity contribution is -0.122. The van der Waals surface area contributed by atoms with Crippen LogP contribution in [0.15, 0.2) is 23.0 Å². The zero-order valence-corrected chi connectivity index (χ0v) is 11.7. The van der Waals surface area contributed by atoms with Crippen molar-refractivity contribution in [2.24, 2.45) is 0 Å². The van der Waals surface area contributed by atoms with E-state index in [1.165, 1.54) is 12.5 Å². The van der Waals surface area contributed by atoms with Gasteiger partial charge in [-0.25, -0.2) is 0 Å². The van der Waals surface area contributed by atoms with Gasteiger partial charge in [0.2, 0.25) is 5.91 Å². The SMILES string of the molecule is N#CCCNC(=O)CN1CCN(C(=O)c2ccoc2)CC1. The number of nitrogens with one attached hydrogen (secondary N) is 1. The van der Waals surface area contributed by atoms with E-state index in [4.69, 9.17) is 9.68 Å². The quantitative estimate of drug-likeness (QED) is 0.775. The summed E-state index contributed by atoms with van der Waals surface area (Å²) in [4.78, 5) is 27.5. The molecule has 1 aliphatic rings. The van der Waals surface area contributed by atoms with E-state index in [1.807, 2.05) is 11.0 Å². The molecular formula is C14H18N4O3. The zero-order chi connectivity index (χ0) is 15.1. The monoisotopic (exact) mass is 290 g/mol. The van der Waals surface area contributed by atoms with Crippen LogP contribution in [0.1, 0.15) is 16.8 Å². The number of furan rings is 1. The summed E-state index contributed by atoms with van der Waals surface area (Å²) in [5.41, 5.74) is 0.553. The average molecular weight is 290 g/mol.